The first-order chi connectivity index (χ1) is 11.1. The maximum Gasteiger partial charge on any atom is 0.237 e. The zero-order chi connectivity index (χ0) is 16.7. The number of benzene rings is 1. The molecule has 1 aromatic rings. The van der Waals surface area contributed by atoms with E-state index in [9.17, 15) is 4.79 Å². The highest BCUT2D eigenvalue weighted by Crippen LogP contribution is 2.25. The van der Waals surface area contributed by atoms with Crippen LogP contribution in [0.25, 0.3) is 0 Å². The fraction of sp³-hybridized carbons (Fsp3) is 0.611. The van der Waals surface area contributed by atoms with Gasteiger partial charge in [-0.1, -0.05) is 32.0 Å². The summed E-state index contributed by atoms with van der Waals surface area (Å²) in [4.78, 5) is 12.1. The Balaban J connectivity index is 0.00000288. The molecule has 6 heteroatoms. The van der Waals surface area contributed by atoms with Crippen molar-refractivity contribution >= 4 is 18.3 Å². The van der Waals surface area contributed by atoms with Crippen molar-refractivity contribution in [2.45, 2.75) is 38.6 Å². The van der Waals surface area contributed by atoms with Gasteiger partial charge in [-0.3, -0.25) is 4.79 Å². The molecule has 0 bridgehead atoms. The van der Waals surface area contributed by atoms with Crippen molar-refractivity contribution in [3.05, 3.63) is 29.8 Å². The standard InChI is InChI=1S/C18H28N2O3.ClH/c1-13(2)15-5-3-4-6-16(15)23-12-9-20-18(21)17(19)14-7-10-22-11-8-14;/h3-6,13-14,17H,7-12,19H2,1-2H3,(H,20,21);1H. The highest BCUT2D eigenvalue weighted by atomic mass is 35.5. The summed E-state index contributed by atoms with van der Waals surface area (Å²) in [5.41, 5.74) is 7.22. The number of nitrogens with one attached hydrogen (secondary N) is 1. The van der Waals surface area contributed by atoms with E-state index in [0.717, 1.165) is 18.6 Å². The van der Waals surface area contributed by atoms with Crippen LogP contribution in [0, 0.1) is 5.92 Å². The maximum atomic E-state index is 12.1. The number of rotatable bonds is 7. The molecular formula is C18H29ClN2O3. The molecule has 3 N–H and O–H groups in total. The lowest BCUT2D eigenvalue weighted by molar-refractivity contribution is -0.124. The Morgan fingerprint density at radius 3 is 2.67 bits per heavy atom. The van der Waals surface area contributed by atoms with E-state index in [1.807, 2.05) is 18.2 Å². The molecule has 0 saturated carbocycles. The molecule has 1 aliphatic rings. The lowest BCUT2D eigenvalue weighted by atomic mass is 9.92. The molecular weight excluding hydrogens is 328 g/mol. The molecule has 0 aromatic heterocycles. The second-order valence-corrected chi connectivity index (χ2v) is 6.31. The van der Waals surface area contributed by atoms with Crippen molar-refractivity contribution in [2.75, 3.05) is 26.4 Å². The summed E-state index contributed by atoms with van der Waals surface area (Å²) in [6.07, 6.45) is 1.71. The molecule has 0 aliphatic carbocycles. The third-order valence-corrected chi connectivity index (χ3v) is 4.28. The number of para-hydroxylation sites is 1. The molecule has 1 aliphatic heterocycles. The van der Waals surface area contributed by atoms with Crippen LogP contribution in [-0.2, 0) is 9.53 Å². The fourth-order valence-electron chi connectivity index (χ4n) is 2.83. The average Bonchev–Trinajstić information content (AvgIpc) is 2.58. The average molecular weight is 357 g/mol. The van der Waals surface area contributed by atoms with Crippen molar-refractivity contribution in [3.63, 3.8) is 0 Å². The van der Waals surface area contributed by atoms with E-state index in [4.69, 9.17) is 15.2 Å². The molecule has 1 atom stereocenters. The van der Waals surface area contributed by atoms with Crippen LogP contribution in [0.3, 0.4) is 0 Å². The molecule has 5 nitrogen and oxygen atoms in total. The van der Waals surface area contributed by atoms with Gasteiger partial charge in [0.1, 0.15) is 12.4 Å². The number of hydrogen-bond acceptors (Lipinski definition) is 4. The second kappa shape index (κ2) is 10.5. The number of carbonyl (C=O) groups excluding carboxylic acids is 1. The molecule has 1 fully saturated rings. The SMILES string of the molecule is CC(C)c1ccccc1OCCNC(=O)C(N)C1CCOCC1.Cl. The zero-order valence-electron chi connectivity index (χ0n) is 14.5. The fourth-order valence-corrected chi connectivity index (χ4v) is 2.83. The van der Waals surface area contributed by atoms with Crippen molar-refractivity contribution in [2.24, 2.45) is 11.7 Å². The van der Waals surface area contributed by atoms with Crippen LogP contribution in [0.5, 0.6) is 5.75 Å². The van der Waals surface area contributed by atoms with Gasteiger partial charge in [-0.2, -0.15) is 0 Å². The van der Waals surface area contributed by atoms with Gasteiger partial charge >= 0.3 is 0 Å². The van der Waals surface area contributed by atoms with Gasteiger partial charge in [-0.15, -0.1) is 12.4 Å². The van der Waals surface area contributed by atoms with Crippen molar-refractivity contribution in [1.29, 1.82) is 0 Å². The number of amides is 1. The van der Waals surface area contributed by atoms with E-state index >= 15 is 0 Å². The minimum atomic E-state index is -0.457. The van der Waals surface area contributed by atoms with E-state index in [1.54, 1.807) is 0 Å². The monoisotopic (exact) mass is 356 g/mol. The number of carbonyl (C=O) groups is 1. The number of hydrogen-bond donors (Lipinski definition) is 2. The Morgan fingerprint density at radius 2 is 2.00 bits per heavy atom. The van der Waals surface area contributed by atoms with Crippen LogP contribution in [0.4, 0.5) is 0 Å². The predicted molar refractivity (Wildman–Crippen MR) is 97.8 cm³/mol. The molecule has 1 heterocycles. The molecule has 1 amide bonds. The summed E-state index contributed by atoms with van der Waals surface area (Å²) in [7, 11) is 0. The lowest BCUT2D eigenvalue weighted by Gasteiger charge is -2.26. The predicted octanol–water partition coefficient (Wildman–Crippen LogP) is 2.48. The van der Waals surface area contributed by atoms with Crippen LogP contribution in [0.15, 0.2) is 24.3 Å². The van der Waals surface area contributed by atoms with E-state index in [0.29, 0.717) is 32.3 Å². The van der Waals surface area contributed by atoms with Crippen LogP contribution in [0.2, 0.25) is 0 Å². The first-order valence-electron chi connectivity index (χ1n) is 8.42. The molecule has 0 radical (unpaired) electrons. The zero-order valence-corrected chi connectivity index (χ0v) is 15.3. The maximum absolute atomic E-state index is 12.1. The van der Waals surface area contributed by atoms with Crippen molar-refractivity contribution in [1.82, 2.24) is 5.32 Å². The second-order valence-electron chi connectivity index (χ2n) is 6.31. The summed E-state index contributed by atoms with van der Waals surface area (Å²) in [6.45, 7) is 6.56. The van der Waals surface area contributed by atoms with Gasteiger partial charge in [0, 0.05) is 13.2 Å². The van der Waals surface area contributed by atoms with Crippen LogP contribution < -0.4 is 15.8 Å². The smallest absolute Gasteiger partial charge is 0.237 e. The number of nitrogens with two attached hydrogens (primary N) is 1. The van der Waals surface area contributed by atoms with Gasteiger partial charge < -0.3 is 20.5 Å². The van der Waals surface area contributed by atoms with Gasteiger partial charge in [0.15, 0.2) is 0 Å². The summed E-state index contributed by atoms with van der Waals surface area (Å²) in [5.74, 6) is 1.40. The quantitative estimate of drug-likeness (QED) is 0.736. The van der Waals surface area contributed by atoms with Gasteiger partial charge in [0.05, 0.1) is 12.6 Å². The molecule has 1 saturated heterocycles. The first-order valence-corrected chi connectivity index (χ1v) is 8.42. The lowest BCUT2D eigenvalue weighted by Crippen LogP contribution is -2.47. The molecule has 24 heavy (non-hydrogen) atoms. The normalized spacial score (nSPS) is 16.3. The third kappa shape index (κ3) is 5.96. The Morgan fingerprint density at radius 1 is 1.33 bits per heavy atom. The van der Waals surface area contributed by atoms with Crippen LogP contribution in [0.1, 0.15) is 38.2 Å². The highest BCUT2D eigenvalue weighted by Gasteiger charge is 2.26. The van der Waals surface area contributed by atoms with Crippen LogP contribution >= 0.6 is 12.4 Å². The topological polar surface area (TPSA) is 73.6 Å². The highest BCUT2D eigenvalue weighted by molar-refractivity contribution is 5.85. The number of halogens is 1. The molecule has 1 unspecified atom stereocenters. The summed E-state index contributed by atoms with van der Waals surface area (Å²) in [5, 5.41) is 2.87. The van der Waals surface area contributed by atoms with Crippen molar-refractivity contribution < 1.29 is 14.3 Å². The molecule has 136 valence electrons. The first kappa shape index (κ1) is 20.7. The van der Waals surface area contributed by atoms with Crippen molar-refractivity contribution in [3.8, 4) is 5.75 Å². The third-order valence-electron chi connectivity index (χ3n) is 4.28. The Hall–Kier alpha value is -1.30. The van der Waals surface area contributed by atoms with E-state index in [1.165, 1.54) is 5.56 Å². The van der Waals surface area contributed by atoms with Gasteiger partial charge in [0.2, 0.25) is 5.91 Å². The summed E-state index contributed by atoms with van der Waals surface area (Å²) >= 11 is 0. The van der Waals surface area contributed by atoms with Gasteiger partial charge in [-0.05, 0) is 36.3 Å². The Kier molecular flexibility index (Phi) is 9.11. The minimum absolute atomic E-state index is 0. The Bertz CT molecular complexity index is 505. The van der Waals surface area contributed by atoms with E-state index in [2.05, 4.69) is 25.2 Å². The van der Waals surface area contributed by atoms with E-state index < -0.39 is 6.04 Å². The van der Waals surface area contributed by atoms with E-state index in [-0.39, 0.29) is 24.2 Å². The summed E-state index contributed by atoms with van der Waals surface area (Å²) < 4.78 is 11.1. The van der Waals surface area contributed by atoms with Gasteiger partial charge in [0.25, 0.3) is 0 Å². The summed E-state index contributed by atoms with van der Waals surface area (Å²) in [6, 6.07) is 7.55. The van der Waals surface area contributed by atoms with Crippen LogP contribution in [-0.4, -0.2) is 38.3 Å². The Labute approximate surface area is 150 Å². The van der Waals surface area contributed by atoms with Gasteiger partial charge in [-0.25, -0.2) is 0 Å². The largest absolute Gasteiger partial charge is 0.491 e. The molecule has 1 aromatic carbocycles. The molecule has 2 rings (SSSR count). The number of ether oxygens (including phenoxy) is 2. The molecule has 0 spiro atoms. The minimum Gasteiger partial charge on any atom is -0.491 e.